The molecule has 1 aromatic carbocycles. The number of hydrogen-bond donors (Lipinski definition) is 0. The number of ether oxygens (including phenoxy) is 1. The zero-order valence-corrected chi connectivity index (χ0v) is 13.2. The Bertz CT molecular complexity index is 474. The molecule has 0 fully saturated rings. The summed E-state index contributed by atoms with van der Waals surface area (Å²) in [7, 11) is 0. The first kappa shape index (κ1) is 17.0. The highest BCUT2D eigenvalue weighted by Gasteiger charge is 2.03. The van der Waals surface area contributed by atoms with Crippen LogP contribution in [0.4, 0.5) is 0 Å². The highest BCUT2D eigenvalue weighted by atomic mass is 16.5. The summed E-state index contributed by atoms with van der Waals surface area (Å²) in [5, 5.41) is 0. The van der Waals surface area contributed by atoms with Gasteiger partial charge in [-0.25, -0.2) is 0 Å². The molecule has 0 aliphatic carbocycles. The van der Waals surface area contributed by atoms with Gasteiger partial charge in [-0.05, 0) is 49.6 Å². The number of amides is 1. The van der Waals surface area contributed by atoms with Gasteiger partial charge in [-0.3, -0.25) is 4.79 Å². The molecule has 0 heterocycles. The van der Waals surface area contributed by atoms with Crippen LogP contribution in [0, 0.1) is 0 Å². The van der Waals surface area contributed by atoms with Crippen LogP contribution in [0.2, 0.25) is 0 Å². The Hall–Kier alpha value is -2.03. The van der Waals surface area contributed by atoms with E-state index in [1.54, 1.807) is 4.90 Å². The van der Waals surface area contributed by atoms with Gasteiger partial charge in [-0.1, -0.05) is 32.1 Å². The fraction of sp³-hybridized carbons (Fsp3) is 0.389. The first-order valence-corrected chi connectivity index (χ1v) is 7.52. The fourth-order valence-corrected chi connectivity index (χ4v) is 2.00. The summed E-state index contributed by atoms with van der Waals surface area (Å²) in [6, 6.07) is 7.88. The lowest BCUT2D eigenvalue weighted by molar-refractivity contribution is -0.118. The maximum Gasteiger partial charge on any atom is 0.210 e. The Morgan fingerprint density at radius 1 is 1.24 bits per heavy atom. The molecule has 0 aromatic heterocycles. The van der Waals surface area contributed by atoms with Crippen molar-refractivity contribution in [3.8, 4) is 5.75 Å². The SMILES string of the molecule is C/C=C\C(=C/CC)Oc1ccc(CN(C=O)CCC)cc1. The Balaban J connectivity index is 2.69. The first-order valence-electron chi connectivity index (χ1n) is 7.52. The molecule has 3 heteroatoms. The minimum absolute atomic E-state index is 0.643. The number of carbonyl (C=O) groups excluding carboxylic acids is 1. The molecule has 0 spiro atoms. The topological polar surface area (TPSA) is 29.5 Å². The van der Waals surface area contributed by atoms with Gasteiger partial charge in [0.2, 0.25) is 6.41 Å². The molecule has 0 atom stereocenters. The third-order valence-corrected chi connectivity index (χ3v) is 2.94. The highest BCUT2D eigenvalue weighted by molar-refractivity contribution is 5.47. The third-order valence-electron chi connectivity index (χ3n) is 2.94. The van der Waals surface area contributed by atoms with Crippen LogP contribution in [0.15, 0.2) is 48.3 Å². The summed E-state index contributed by atoms with van der Waals surface area (Å²) in [6.45, 7) is 7.54. The minimum Gasteiger partial charge on any atom is -0.458 e. The minimum atomic E-state index is 0.643. The van der Waals surface area contributed by atoms with Gasteiger partial charge < -0.3 is 9.64 Å². The van der Waals surface area contributed by atoms with Crippen LogP contribution >= 0.6 is 0 Å². The van der Waals surface area contributed by atoms with E-state index < -0.39 is 0 Å². The number of hydrogen-bond acceptors (Lipinski definition) is 2. The van der Waals surface area contributed by atoms with Gasteiger partial charge in [0, 0.05) is 13.1 Å². The van der Waals surface area contributed by atoms with E-state index in [0.717, 1.165) is 42.9 Å². The molecule has 21 heavy (non-hydrogen) atoms. The molecule has 114 valence electrons. The molecule has 1 aromatic rings. The van der Waals surface area contributed by atoms with Crippen LogP contribution in [-0.4, -0.2) is 17.9 Å². The molecule has 1 amide bonds. The number of allylic oxidation sites excluding steroid dienone is 3. The van der Waals surface area contributed by atoms with Crippen molar-refractivity contribution in [1.82, 2.24) is 4.90 Å². The first-order chi connectivity index (χ1) is 10.2. The normalized spacial score (nSPS) is 11.7. The quantitative estimate of drug-likeness (QED) is 0.385. The molecular weight excluding hydrogens is 262 g/mol. The van der Waals surface area contributed by atoms with Gasteiger partial charge in [-0.2, -0.15) is 0 Å². The van der Waals surface area contributed by atoms with Crippen molar-refractivity contribution in [2.24, 2.45) is 0 Å². The largest absolute Gasteiger partial charge is 0.458 e. The van der Waals surface area contributed by atoms with Crippen LogP contribution in [0.1, 0.15) is 39.2 Å². The van der Waals surface area contributed by atoms with Crippen LogP contribution < -0.4 is 4.74 Å². The van der Waals surface area contributed by atoms with Gasteiger partial charge >= 0.3 is 0 Å². The van der Waals surface area contributed by atoms with Crippen LogP contribution in [0.5, 0.6) is 5.75 Å². The van der Waals surface area contributed by atoms with E-state index >= 15 is 0 Å². The summed E-state index contributed by atoms with van der Waals surface area (Å²) in [5.41, 5.74) is 1.11. The van der Waals surface area contributed by atoms with Gasteiger partial charge in [-0.15, -0.1) is 0 Å². The smallest absolute Gasteiger partial charge is 0.210 e. The van der Waals surface area contributed by atoms with Crippen molar-refractivity contribution in [1.29, 1.82) is 0 Å². The molecule has 0 aliphatic heterocycles. The van der Waals surface area contributed by atoms with E-state index in [9.17, 15) is 4.79 Å². The summed E-state index contributed by atoms with van der Waals surface area (Å²) >= 11 is 0. The van der Waals surface area contributed by atoms with Crippen molar-refractivity contribution in [3.05, 3.63) is 53.8 Å². The summed E-state index contributed by atoms with van der Waals surface area (Å²) < 4.78 is 5.82. The fourth-order valence-electron chi connectivity index (χ4n) is 2.00. The molecule has 0 saturated carbocycles. The monoisotopic (exact) mass is 287 g/mol. The van der Waals surface area contributed by atoms with Crippen LogP contribution in [0.3, 0.4) is 0 Å². The van der Waals surface area contributed by atoms with Gasteiger partial charge in [0.15, 0.2) is 0 Å². The second kappa shape index (κ2) is 9.81. The van der Waals surface area contributed by atoms with E-state index in [1.165, 1.54) is 0 Å². The molecule has 0 bridgehead atoms. The second-order valence-electron chi connectivity index (χ2n) is 4.84. The van der Waals surface area contributed by atoms with Crippen molar-refractivity contribution < 1.29 is 9.53 Å². The standard InChI is InChI=1S/C18H25NO2/c1-4-7-17(8-5-2)21-18-11-9-16(10-12-18)14-19(15-20)13-6-3/h4,7-12,15H,5-6,13-14H2,1-3H3/b7-4-,17-8+. The number of benzene rings is 1. The molecular formula is C18H25NO2. The Morgan fingerprint density at radius 2 is 1.95 bits per heavy atom. The van der Waals surface area contributed by atoms with E-state index in [2.05, 4.69) is 13.8 Å². The van der Waals surface area contributed by atoms with Crippen molar-refractivity contribution in [2.75, 3.05) is 6.54 Å². The number of rotatable bonds is 9. The van der Waals surface area contributed by atoms with E-state index in [-0.39, 0.29) is 0 Å². The Kier molecular flexibility index (Phi) is 7.95. The maximum absolute atomic E-state index is 10.9. The zero-order chi connectivity index (χ0) is 15.5. The zero-order valence-electron chi connectivity index (χ0n) is 13.2. The molecule has 0 radical (unpaired) electrons. The average molecular weight is 287 g/mol. The second-order valence-corrected chi connectivity index (χ2v) is 4.84. The third kappa shape index (κ3) is 6.30. The van der Waals surface area contributed by atoms with Crippen LogP contribution in [-0.2, 0) is 11.3 Å². The van der Waals surface area contributed by atoms with E-state index in [4.69, 9.17) is 4.74 Å². The molecule has 0 N–H and O–H groups in total. The Morgan fingerprint density at radius 3 is 2.48 bits per heavy atom. The number of nitrogens with zero attached hydrogens (tertiary/aromatic N) is 1. The lowest BCUT2D eigenvalue weighted by Crippen LogP contribution is -2.21. The van der Waals surface area contributed by atoms with Crippen LogP contribution in [0.25, 0.3) is 0 Å². The van der Waals surface area contributed by atoms with Crippen molar-refractivity contribution >= 4 is 6.41 Å². The summed E-state index contributed by atoms with van der Waals surface area (Å²) in [5.74, 6) is 1.66. The maximum atomic E-state index is 10.9. The summed E-state index contributed by atoms with van der Waals surface area (Å²) in [6.07, 6.45) is 8.76. The number of carbonyl (C=O) groups is 1. The molecule has 0 saturated heterocycles. The Labute approximate surface area is 127 Å². The lowest BCUT2D eigenvalue weighted by Gasteiger charge is -2.16. The predicted molar refractivity (Wildman–Crippen MR) is 87.0 cm³/mol. The molecule has 0 aliphatic rings. The van der Waals surface area contributed by atoms with Crippen molar-refractivity contribution in [2.45, 2.75) is 40.2 Å². The summed E-state index contributed by atoms with van der Waals surface area (Å²) in [4.78, 5) is 12.7. The predicted octanol–water partition coefficient (Wildman–Crippen LogP) is 4.30. The molecule has 0 unspecified atom stereocenters. The van der Waals surface area contributed by atoms with Gasteiger partial charge in [0.05, 0.1) is 0 Å². The average Bonchev–Trinajstić information content (AvgIpc) is 2.49. The highest BCUT2D eigenvalue weighted by Crippen LogP contribution is 2.17. The van der Waals surface area contributed by atoms with E-state index in [1.807, 2.05) is 49.4 Å². The van der Waals surface area contributed by atoms with Gasteiger partial charge in [0.25, 0.3) is 0 Å². The van der Waals surface area contributed by atoms with E-state index in [0.29, 0.717) is 6.54 Å². The lowest BCUT2D eigenvalue weighted by atomic mass is 10.2. The van der Waals surface area contributed by atoms with Crippen molar-refractivity contribution in [3.63, 3.8) is 0 Å². The molecule has 3 nitrogen and oxygen atoms in total. The van der Waals surface area contributed by atoms with Gasteiger partial charge in [0.1, 0.15) is 11.5 Å². The molecule has 1 rings (SSSR count).